The van der Waals surface area contributed by atoms with E-state index >= 15 is 0 Å². The lowest BCUT2D eigenvalue weighted by molar-refractivity contribution is 0.476. The summed E-state index contributed by atoms with van der Waals surface area (Å²) < 4.78 is 2.26. The van der Waals surface area contributed by atoms with Crippen LogP contribution >= 0.6 is 0 Å². The van der Waals surface area contributed by atoms with Gasteiger partial charge in [-0.3, -0.25) is 0 Å². The molecule has 0 radical (unpaired) electrons. The number of hydrogen-bond donors (Lipinski definition) is 1. The first kappa shape index (κ1) is 11.7. The molecule has 0 saturated heterocycles. The standard InChI is InChI=1S/C14H19N3/c1-3-13(4-2)17-10-9-16-14(17)11-5-7-12(15)8-6-11/h5-10,13H,3-4,15H2,1-2H3. The Bertz CT molecular complexity index is 466. The second-order valence-corrected chi connectivity index (χ2v) is 4.25. The zero-order valence-corrected chi connectivity index (χ0v) is 10.4. The van der Waals surface area contributed by atoms with E-state index in [1.54, 1.807) is 0 Å². The minimum atomic E-state index is 0.519. The molecule has 17 heavy (non-hydrogen) atoms. The van der Waals surface area contributed by atoms with Crippen LogP contribution < -0.4 is 5.73 Å². The van der Waals surface area contributed by atoms with Crippen LogP contribution in [0.4, 0.5) is 5.69 Å². The van der Waals surface area contributed by atoms with E-state index in [0.717, 1.165) is 29.9 Å². The van der Waals surface area contributed by atoms with E-state index < -0.39 is 0 Å². The van der Waals surface area contributed by atoms with Crippen molar-refractivity contribution in [3.05, 3.63) is 36.7 Å². The molecule has 0 spiro atoms. The van der Waals surface area contributed by atoms with E-state index in [1.807, 2.05) is 30.5 Å². The van der Waals surface area contributed by atoms with Gasteiger partial charge in [-0.1, -0.05) is 13.8 Å². The summed E-state index contributed by atoms with van der Waals surface area (Å²) in [5.74, 6) is 1.03. The molecule has 0 amide bonds. The van der Waals surface area contributed by atoms with Crippen LogP contribution in [0.5, 0.6) is 0 Å². The summed E-state index contributed by atoms with van der Waals surface area (Å²) in [6.07, 6.45) is 6.16. The summed E-state index contributed by atoms with van der Waals surface area (Å²) in [6.45, 7) is 4.42. The fourth-order valence-corrected chi connectivity index (χ4v) is 2.15. The lowest BCUT2D eigenvalue weighted by Crippen LogP contribution is -2.07. The molecule has 3 heteroatoms. The van der Waals surface area contributed by atoms with Crippen LogP contribution in [0, 0.1) is 0 Å². The number of aromatic nitrogens is 2. The van der Waals surface area contributed by atoms with Crippen LogP contribution in [0.25, 0.3) is 11.4 Å². The Morgan fingerprint density at radius 2 is 1.82 bits per heavy atom. The van der Waals surface area contributed by atoms with Gasteiger partial charge in [0.05, 0.1) is 0 Å². The van der Waals surface area contributed by atoms with Gasteiger partial charge in [-0.15, -0.1) is 0 Å². The van der Waals surface area contributed by atoms with Crippen molar-refractivity contribution in [3.8, 4) is 11.4 Å². The van der Waals surface area contributed by atoms with Gasteiger partial charge in [0.2, 0.25) is 0 Å². The smallest absolute Gasteiger partial charge is 0.140 e. The van der Waals surface area contributed by atoms with Crippen molar-refractivity contribution in [1.82, 2.24) is 9.55 Å². The molecule has 3 nitrogen and oxygen atoms in total. The maximum atomic E-state index is 5.70. The Kier molecular flexibility index (Phi) is 3.47. The summed E-state index contributed by atoms with van der Waals surface area (Å²) >= 11 is 0. The molecule has 0 atom stereocenters. The van der Waals surface area contributed by atoms with Crippen molar-refractivity contribution in [2.24, 2.45) is 0 Å². The van der Waals surface area contributed by atoms with Crippen molar-refractivity contribution in [2.75, 3.05) is 5.73 Å². The molecule has 90 valence electrons. The number of benzene rings is 1. The highest BCUT2D eigenvalue weighted by Gasteiger charge is 2.12. The molecule has 1 heterocycles. The van der Waals surface area contributed by atoms with E-state index in [4.69, 9.17) is 5.73 Å². The highest BCUT2D eigenvalue weighted by Crippen LogP contribution is 2.25. The second-order valence-electron chi connectivity index (χ2n) is 4.25. The van der Waals surface area contributed by atoms with Crippen LogP contribution in [0.15, 0.2) is 36.7 Å². The van der Waals surface area contributed by atoms with Gasteiger partial charge in [-0.2, -0.15) is 0 Å². The van der Waals surface area contributed by atoms with E-state index in [0.29, 0.717) is 6.04 Å². The number of hydrogen-bond acceptors (Lipinski definition) is 2. The van der Waals surface area contributed by atoms with Crippen molar-refractivity contribution >= 4 is 5.69 Å². The molecule has 2 rings (SSSR count). The first-order valence-electron chi connectivity index (χ1n) is 6.15. The Morgan fingerprint density at radius 1 is 1.18 bits per heavy atom. The van der Waals surface area contributed by atoms with Crippen molar-refractivity contribution < 1.29 is 0 Å². The second kappa shape index (κ2) is 5.04. The zero-order chi connectivity index (χ0) is 12.3. The summed E-state index contributed by atoms with van der Waals surface area (Å²) in [6, 6.07) is 8.40. The highest BCUT2D eigenvalue weighted by molar-refractivity contribution is 5.59. The Labute approximate surface area is 102 Å². The van der Waals surface area contributed by atoms with Crippen molar-refractivity contribution in [2.45, 2.75) is 32.7 Å². The van der Waals surface area contributed by atoms with Crippen LogP contribution in [0.2, 0.25) is 0 Å². The van der Waals surface area contributed by atoms with Gasteiger partial charge in [-0.05, 0) is 37.1 Å². The van der Waals surface area contributed by atoms with Gasteiger partial charge in [0.25, 0.3) is 0 Å². The van der Waals surface area contributed by atoms with E-state index in [9.17, 15) is 0 Å². The third-order valence-corrected chi connectivity index (χ3v) is 3.17. The van der Waals surface area contributed by atoms with Crippen molar-refractivity contribution in [1.29, 1.82) is 0 Å². The topological polar surface area (TPSA) is 43.8 Å². The monoisotopic (exact) mass is 229 g/mol. The highest BCUT2D eigenvalue weighted by atomic mass is 15.1. The molecule has 2 aromatic rings. The molecule has 0 aliphatic carbocycles. The molecule has 0 fully saturated rings. The lowest BCUT2D eigenvalue weighted by Gasteiger charge is -2.17. The first-order valence-corrected chi connectivity index (χ1v) is 6.15. The van der Waals surface area contributed by atoms with E-state index in [2.05, 4.69) is 29.6 Å². The van der Waals surface area contributed by atoms with E-state index in [1.165, 1.54) is 0 Å². The number of imidazole rings is 1. The molecule has 0 aliphatic rings. The number of nitrogens with zero attached hydrogens (tertiary/aromatic N) is 2. The average molecular weight is 229 g/mol. The third kappa shape index (κ3) is 2.33. The summed E-state index contributed by atoms with van der Waals surface area (Å²) in [5.41, 5.74) is 7.61. The SMILES string of the molecule is CCC(CC)n1ccnc1-c1ccc(N)cc1. The summed E-state index contributed by atoms with van der Waals surface area (Å²) in [5, 5.41) is 0. The molecular weight excluding hydrogens is 210 g/mol. The van der Waals surface area contributed by atoms with Crippen LogP contribution in [0.3, 0.4) is 0 Å². The average Bonchev–Trinajstić information content (AvgIpc) is 2.81. The molecule has 0 bridgehead atoms. The number of anilines is 1. The van der Waals surface area contributed by atoms with Gasteiger partial charge in [0.15, 0.2) is 0 Å². The van der Waals surface area contributed by atoms with Crippen LogP contribution in [-0.2, 0) is 0 Å². The summed E-state index contributed by atoms with van der Waals surface area (Å²) in [7, 11) is 0. The maximum absolute atomic E-state index is 5.70. The molecule has 2 N–H and O–H groups in total. The zero-order valence-electron chi connectivity index (χ0n) is 10.4. The van der Waals surface area contributed by atoms with Crippen LogP contribution in [0.1, 0.15) is 32.7 Å². The molecule has 0 unspecified atom stereocenters. The van der Waals surface area contributed by atoms with Gasteiger partial charge >= 0.3 is 0 Å². The maximum Gasteiger partial charge on any atom is 0.140 e. The Hall–Kier alpha value is -1.77. The molecule has 0 aliphatic heterocycles. The lowest BCUT2D eigenvalue weighted by atomic mass is 10.1. The Morgan fingerprint density at radius 3 is 2.41 bits per heavy atom. The largest absolute Gasteiger partial charge is 0.399 e. The van der Waals surface area contributed by atoms with Gasteiger partial charge in [0, 0.05) is 29.7 Å². The van der Waals surface area contributed by atoms with Gasteiger partial charge in [-0.25, -0.2) is 4.98 Å². The predicted octanol–water partition coefficient (Wildman–Crippen LogP) is 3.49. The Balaban J connectivity index is 2.39. The fraction of sp³-hybridized carbons (Fsp3) is 0.357. The molecular formula is C14H19N3. The first-order chi connectivity index (χ1) is 8.26. The van der Waals surface area contributed by atoms with Gasteiger partial charge < -0.3 is 10.3 Å². The van der Waals surface area contributed by atoms with Crippen LogP contribution in [-0.4, -0.2) is 9.55 Å². The fourth-order valence-electron chi connectivity index (χ4n) is 2.15. The number of rotatable bonds is 4. The normalized spacial score (nSPS) is 11.0. The van der Waals surface area contributed by atoms with Crippen molar-refractivity contribution in [3.63, 3.8) is 0 Å². The summed E-state index contributed by atoms with van der Waals surface area (Å²) in [4.78, 5) is 4.46. The number of nitrogen functional groups attached to an aromatic ring is 1. The molecule has 1 aromatic carbocycles. The number of nitrogens with two attached hydrogens (primary N) is 1. The minimum Gasteiger partial charge on any atom is -0.399 e. The third-order valence-electron chi connectivity index (χ3n) is 3.17. The minimum absolute atomic E-state index is 0.519. The molecule has 0 saturated carbocycles. The van der Waals surface area contributed by atoms with Gasteiger partial charge in [0.1, 0.15) is 5.82 Å². The quantitative estimate of drug-likeness (QED) is 0.815. The predicted molar refractivity (Wildman–Crippen MR) is 71.7 cm³/mol. The van der Waals surface area contributed by atoms with E-state index in [-0.39, 0.29) is 0 Å². The molecule has 1 aromatic heterocycles.